The number of hydrogen-bond acceptors (Lipinski definition) is 8. The minimum atomic E-state index is 0.383. The van der Waals surface area contributed by atoms with Gasteiger partial charge in [0, 0.05) is 12.6 Å². The van der Waals surface area contributed by atoms with E-state index in [1.165, 1.54) is 0 Å². The lowest BCUT2D eigenvalue weighted by molar-refractivity contribution is 0.486. The Bertz CT molecular complexity index is 1070. The molecule has 8 nitrogen and oxygen atoms in total. The Hall–Kier alpha value is -3.68. The van der Waals surface area contributed by atoms with Crippen molar-refractivity contribution in [2.24, 2.45) is 30.1 Å². The maximum atomic E-state index is 4.66. The van der Waals surface area contributed by atoms with Crippen LogP contribution in [0.15, 0.2) is 89.8 Å². The molecule has 0 saturated heterocycles. The Morgan fingerprint density at radius 3 is 2.39 bits per heavy atom. The zero-order valence-electron chi connectivity index (χ0n) is 15.4. The van der Waals surface area contributed by atoms with Crippen molar-refractivity contribution >= 4 is 35.3 Å². The number of nitrogens with zero attached hydrogens (tertiary/aromatic N) is 7. The second kappa shape index (κ2) is 6.80. The number of aliphatic imine (C=N–C) groups is 5. The van der Waals surface area contributed by atoms with Gasteiger partial charge in [0.1, 0.15) is 5.82 Å². The summed E-state index contributed by atoms with van der Waals surface area (Å²) < 4.78 is 0. The Balaban J connectivity index is 1.59. The fourth-order valence-electron chi connectivity index (χ4n) is 3.13. The average Bonchev–Trinajstić information content (AvgIpc) is 3.46. The fraction of sp³-hybridized carbons (Fsp3) is 0.200. The predicted octanol–water partition coefficient (Wildman–Crippen LogP) is 2.49. The van der Waals surface area contributed by atoms with Crippen LogP contribution < -0.4 is 5.43 Å². The first-order valence-electron chi connectivity index (χ1n) is 9.28. The molecule has 0 spiro atoms. The highest BCUT2D eigenvalue weighted by Crippen LogP contribution is 2.19. The Morgan fingerprint density at radius 1 is 0.857 bits per heavy atom. The fourth-order valence-corrected chi connectivity index (χ4v) is 3.13. The molecule has 0 amide bonds. The van der Waals surface area contributed by atoms with Crippen LogP contribution >= 0.6 is 0 Å². The SMILES string of the molecule is CCCCN1C2=CC3=NC(=CC4=NC(=CC5=NC(=NC1=NN2)N=C5)C=C4)C=C3. The summed E-state index contributed by atoms with van der Waals surface area (Å²) in [6.07, 6.45) is 17.5. The zero-order valence-corrected chi connectivity index (χ0v) is 15.4. The summed E-state index contributed by atoms with van der Waals surface area (Å²) in [6.45, 7) is 2.96. The third-order valence-electron chi connectivity index (χ3n) is 4.52. The van der Waals surface area contributed by atoms with Gasteiger partial charge in [-0.05, 0) is 42.9 Å². The van der Waals surface area contributed by atoms with E-state index in [2.05, 4.69) is 42.4 Å². The van der Waals surface area contributed by atoms with Crippen molar-refractivity contribution in [3.8, 4) is 0 Å². The minimum absolute atomic E-state index is 0.383. The Labute approximate surface area is 162 Å². The quantitative estimate of drug-likeness (QED) is 0.827. The van der Waals surface area contributed by atoms with E-state index in [0.717, 1.165) is 48.0 Å². The topological polar surface area (TPSA) is 89.4 Å². The molecule has 0 radical (unpaired) electrons. The lowest BCUT2D eigenvalue weighted by atomic mass is 10.3. The van der Waals surface area contributed by atoms with Crippen molar-refractivity contribution in [1.29, 1.82) is 0 Å². The van der Waals surface area contributed by atoms with Crippen molar-refractivity contribution in [3.05, 3.63) is 59.7 Å². The first-order valence-corrected chi connectivity index (χ1v) is 9.28. The molecule has 8 bridgehead atoms. The maximum absolute atomic E-state index is 4.66. The molecule has 8 heteroatoms. The second-order valence-corrected chi connectivity index (χ2v) is 6.64. The van der Waals surface area contributed by atoms with E-state index in [4.69, 9.17) is 0 Å². The summed E-state index contributed by atoms with van der Waals surface area (Å²) in [5, 5.41) is 4.37. The molecule has 5 aliphatic rings. The van der Waals surface area contributed by atoms with Crippen molar-refractivity contribution < 1.29 is 0 Å². The molecule has 138 valence electrons. The number of fused-ring (bicyclic) bond motifs is 5. The molecular formula is C20H18N8. The van der Waals surface area contributed by atoms with Gasteiger partial charge in [0.05, 0.1) is 34.7 Å². The van der Waals surface area contributed by atoms with Crippen LogP contribution in [0.25, 0.3) is 0 Å². The predicted molar refractivity (Wildman–Crippen MR) is 113 cm³/mol. The number of allylic oxidation sites excluding steroid dienone is 7. The number of unbranched alkanes of at least 4 members (excludes halogenated alkanes) is 1. The molecule has 1 N–H and O–H groups in total. The lowest BCUT2D eigenvalue weighted by Crippen LogP contribution is -2.28. The normalized spacial score (nSPS) is 21.5. The minimum Gasteiger partial charge on any atom is -0.294 e. The van der Waals surface area contributed by atoms with E-state index in [1.54, 1.807) is 6.21 Å². The van der Waals surface area contributed by atoms with Gasteiger partial charge in [-0.1, -0.05) is 13.3 Å². The van der Waals surface area contributed by atoms with Gasteiger partial charge < -0.3 is 0 Å². The molecule has 5 aliphatic heterocycles. The van der Waals surface area contributed by atoms with Crippen LogP contribution in [-0.2, 0) is 0 Å². The van der Waals surface area contributed by atoms with Gasteiger partial charge in [-0.15, -0.1) is 5.10 Å². The number of rotatable bonds is 3. The molecule has 5 rings (SSSR count). The highest BCUT2D eigenvalue weighted by molar-refractivity contribution is 6.42. The molecule has 0 atom stereocenters. The Morgan fingerprint density at radius 2 is 1.61 bits per heavy atom. The molecule has 0 saturated carbocycles. The maximum Gasteiger partial charge on any atom is 0.253 e. The molecule has 0 aromatic carbocycles. The van der Waals surface area contributed by atoms with Crippen LogP contribution in [0, 0.1) is 0 Å². The number of hydrazone groups is 1. The van der Waals surface area contributed by atoms with Gasteiger partial charge >= 0.3 is 0 Å². The van der Waals surface area contributed by atoms with Crippen molar-refractivity contribution in [2.45, 2.75) is 19.8 Å². The smallest absolute Gasteiger partial charge is 0.253 e. The van der Waals surface area contributed by atoms with E-state index in [9.17, 15) is 0 Å². The molecule has 28 heavy (non-hydrogen) atoms. The lowest BCUT2D eigenvalue weighted by Gasteiger charge is -2.18. The first kappa shape index (κ1) is 16.5. The van der Waals surface area contributed by atoms with Crippen molar-refractivity contribution in [1.82, 2.24) is 10.3 Å². The van der Waals surface area contributed by atoms with E-state index in [1.807, 2.05) is 47.4 Å². The monoisotopic (exact) mass is 370 g/mol. The van der Waals surface area contributed by atoms with Crippen LogP contribution in [0.2, 0.25) is 0 Å². The summed E-state index contributed by atoms with van der Waals surface area (Å²) in [4.78, 5) is 24.6. The van der Waals surface area contributed by atoms with E-state index < -0.39 is 0 Å². The van der Waals surface area contributed by atoms with Gasteiger partial charge in [0.25, 0.3) is 11.9 Å². The van der Waals surface area contributed by atoms with E-state index in [0.29, 0.717) is 17.6 Å². The largest absolute Gasteiger partial charge is 0.294 e. The van der Waals surface area contributed by atoms with Gasteiger partial charge in [0.15, 0.2) is 0 Å². The third kappa shape index (κ3) is 3.20. The van der Waals surface area contributed by atoms with Gasteiger partial charge in [-0.2, -0.15) is 4.99 Å². The van der Waals surface area contributed by atoms with Crippen LogP contribution in [-0.4, -0.2) is 46.7 Å². The molecular weight excluding hydrogens is 352 g/mol. The van der Waals surface area contributed by atoms with Gasteiger partial charge in [0.2, 0.25) is 0 Å². The van der Waals surface area contributed by atoms with Crippen LogP contribution in [0.3, 0.4) is 0 Å². The average molecular weight is 370 g/mol. The number of guanidine groups is 2. The van der Waals surface area contributed by atoms with Crippen molar-refractivity contribution in [3.63, 3.8) is 0 Å². The van der Waals surface area contributed by atoms with E-state index in [-0.39, 0.29) is 0 Å². The number of hydrogen-bond donors (Lipinski definition) is 1. The molecule has 0 aromatic heterocycles. The van der Waals surface area contributed by atoms with Crippen LogP contribution in [0.5, 0.6) is 0 Å². The zero-order chi connectivity index (χ0) is 18.9. The molecule has 0 aliphatic carbocycles. The summed E-state index contributed by atoms with van der Waals surface area (Å²) >= 11 is 0. The summed E-state index contributed by atoms with van der Waals surface area (Å²) in [6, 6.07) is 0. The molecule has 0 fully saturated rings. The summed E-state index contributed by atoms with van der Waals surface area (Å²) in [5.41, 5.74) is 7.17. The van der Waals surface area contributed by atoms with Crippen LogP contribution in [0.1, 0.15) is 19.8 Å². The highest BCUT2D eigenvalue weighted by atomic mass is 15.5. The second-order valence-electron chi connectivity index (χ2n) is 6.64. The molecule has 0 unspecified atom stereocenters. The van der Waals surface area contributed by atoms with Gasteiger partial charge in [-0.25, -0.2) is 20.0 Å². The third-order valence-corrected chi connectivity index (χ3v) is 4.52. The number of nitrogens with one attached hydrogen (secondary N) is 1. The van der Waals surface area contributed by atoms with E-state index >= 15 is 0 Å². The summed E-state index contributed by atoms with van der Waals surface area (Å²) in [5.74, 6) is 1.78. The van der Waals surface area contributed by atoms with Crippen LogP contribution in [0.4, 0.5) is 0 Å². The van der Waals surface area contributed by atoms with Gasteiger partial charge in [-0.3, -0.25) is 10.3 Å². The standard InChI is InChI=1S/C20H18N8/c1-2-3-8-28-18-11-16-7-6-14(23-16)9-13-4-5-15(22-13)10-17-12-21-19(24-17)25-20(28)27-26-18/h4-7,9-12,26H,2-3,8H2,1H3. The molecule has 5 heterocycles. The highest BCUT2D eigenvalue weighted by Gasteiger charge is 2.24. The summed E-state index contributed by atoms with van der Waals surface area (Å²) in [7, 11) is 0. The first-order chi connectivity index (χ1) is 13.8. The molecule has 0 aromatic rings. The Kier molecular flexibility index (Phi) is 4.01. The van der Waals surface area contributed by atoms with Crippen molar-refractivity contribution in [2.75, 3.05) is 6.54 Å².